The first-order valence-electron chi connectivity index (χ1n) is 6.01. The molecule has 0 aromatic carbocycles. The summed E-state index contributed by atoms with van der Waals surface area (Å²) in [5.74, 6) is 0.505. The molecule has 2 aromatic heterocycles. The maximum absolute atomic E-state index is 11.9. The van der Waals surface area contributed by atoms with Crippen LogP contribution in [0.1, 0.15) is 22.5 Å². The lowest BCUT2D eigenvalue weighted by molar-refractivity contribution is 1.00. The van der Waals surface area contributed by atoms with Gasteiger partial charge in [-0.3, -0.25) is 4.79 Å². The van der Waals surface area contributed by atoms with E-state index in [1.807, 2.05) is 26.0 Å². The Kier molecular flexibility index (Phi) is 4.06. The molecule has 0 aliphatic rings. The fraction of sp³-hybridized carbons (Fsp3) is 0.214. The smallest absolute Gasteiger partial charge is 0.253 e. The van der Waals surface area contributed by atoms with Gasteiger partial charge in [-0.15, -0.1) is 0 Å². The maximum atomic E-state index is 11.9. The van der Waals surface area contributed by atoms with Crippen LogP contribution in [-0.4, -0.2) is 9.97 Å². The first-order valence-corrected chi connectivity index (χ1v) is 6.39. The van der Waals surface area contributed by atoms with Gasteiger partial charge >= 0.3 is 0 Å². The van der Waals surface area contributed by atoms with Crippen LogP contribution >= 0.6 is 11.6 Å². The molecule has 0 bridgehead atoms. The molecule has 20 heavy (non-hydrogen) atoms. The van der Waals surface area contributed by atoms with Crippen molar-refractivity contribution in [1.82, 2.24) is 9.97 Å². The number of aromatic nitrogens is 2. The van der Waals surface area contributed by atoms with Crippen LogP contribution in [0, 0.1) is 25.2 Å². The van der Waals surface area contributed by atoms with Gasteiger partial charge < -0.3 is 10.3 Å². The van der Waals surface area contributed by atoms with Crippen molar-refractivity contribution in [3.63, 3.8) is 0 Å². The molecule has 0 saturated carbocycles. The van der Waals surface area contributed by atoms with Gasteiger partial charge in [-0.2, -0.15) is 5.26 Å². The maximum Gasteiger partial charge on any atom is 0.253 e. The molecule has 0 saturated heterocycles. The van der Waals surface area contributed by atoms with Crippen LogP contribution in [0.4, 0.5) is 5.82 Å². The number of aromatic amines is 1. The minimum absolute atomic E-state index is 0.121. The van der Waals surface area contributed by atoms with Crippen molar-refractivity contribution in [3.8, 4) is 6.07 Å². The van der Waals surface area contributed by atoms with E-state index in [9.17, 15) is 4.79 Å². The standard InChI is InChI=1S/C14H13ClN4O/c1-8-5-9(2)18-14(20)10(8)7-17-13-4-3-11(15)12(6-16)19-13/h3-5H,7H2,1-2H3,(H,17,19)(H,18,20). The normalized spacial score (nSPS) is 10.1. The van der Waals surface area contributed by atoms with Crippen molar-refractivity contribution < 1.29 is 0 Å². The summed E-state index contributed by atoms with van der Waals surface area (Å²) >= 11 is 5.81. The number of nitrogens with zero attached hydrogens (tertiary/aromatic N) is 2. The Morgan fingerprint density at radius 1 is 1.45 bits per heavy atom. The average Bonchev–Trinajstić information content (AvgIpc) is 2.39. The van der Waals surface area contributed by atoms with Gasteiger partial charge in [-0.1, -0.05) is 11.6 Å². The van der Waals surface area contributed by atoms with Gasteiger partial charge in [0.05, 0.1) is 5.02 Å². The summed E-state index contributed by atoms with van der Waals surface area (Å²) in [6.45, 7) is 4.06. The summed E-state index contributed by atoms with van der Waals surface area (Å²) in [7, 11) is 0. The summed E-state index contributed by atoms with van der Waals surface area (Å²) in [6, 6.07) is 7.09. The first-order chi connectivity index (χ1) is 9.51. The number of pyridine rings is 2. The molecular weight excluding hydrogens is 276 g/mol. The second-order valence-corrected chi connectivity index (χ2v) is 4.84. The molecule has 0 atom stereocenters. The largest absolute Gasteiger partial charge is 0.366 e. The third-order valence-corrected chi connectivity index (χ3v) is 3.20. The molecule has 5 nitrogen and oxygen atoms in total. The van der Waals surface area contributed by atoms with Gasteiger partial charge in [0.2, 0.25) is 0 Å². The lowest BCUT2D eigenvalue weighted by Crippen LogP contribution is -2.18. The highest BCUT2D eigenvalue weighted by Gasteiger charge is 2.07. The van der Waals surface area contributed by atoms with E-state index in [4.69, 9.17) is 16.9 Å². The number of H-pyrrole nitrogens is 1. The van der Waals surface area contributed by atoms with Crippen molar-refractivity contribution in [2.45, 2.75) is 20.4 Å². The average molecular weight is 289 g/mol. The van der Waals surface area contributed by atoms with Gasteiger partial charge in [-0.25, -0.2) is 4.98 Å². The minimum Gasteiger partial charge on any atom is -0.366 e. The molecule has 102 valence electrons. The Labute approximate surface area is 121 Å². The van der Waals surface area contributed by atoms with Gasteiger partial charge in [0.15, 0.2) is 5.69 Å². The van der Waals surface area contributed by atoms with Crippen molar-refractivity contribution in [2.24, 2.45) is 0 Å². The zero-order valence-electron chi connectivity index (χ0n) is 11.1. The van der Waals surface area contributed by atoms with E-state index in [1.54, 1.807) is 12.1 Å². The molecular formula is C14H13ClN4O. The lowest BCUT2D eigenvalue weighted by Gasteiger charge is -2.09. The summed E-state index contributed by atoms with van der Waals surface area (Å²) in [5.41, 5.74) is 2.42. The zero-order chi connectivity index (χ0) is 14.7. The molecule has 0 amide bonds. The molecule has 0 fully saturated rings. The molecule has 0 unspecified atom stereocenters. The van der Waals surface area contributed by atoms with Crippen LogP contribution < -0.4 is 10.9 Å². The Balaban J connectivity index is 2.22. The van der Waals surface area contributed by atoms with Gasteiger partial charge in [0.25, 0.3) is 5.56 Å². The van der Waals surface area contributed by atoms with E-state index in [0.29, 0.717) is 22.9 Å². The van der Waals surface area contributed by atoms with E-state index in [-0.39, 0.29) is 11.3 Å². The SMILES string of the molecule is Cc1cc(C)c(CNc2ccc(Cl)c(C#N)n2)c(=O)[nH]1. The predicted molar refractivity (Wildman–Crippen MR) is 77.8 cm³/mol. The number of nitrogens with one attached hydrogen (secondary N) is 2. The Hall–Kier alpha value is -2.32. The van der Waals surface area contributed by atoms with Crippen LogP contribution in [-0.2, 0) is 6.54 Å². The number of aryl methyl sites for hydroxylation is 2. The van der Waals surface area contributed by atoms with Gasteiger partial charge in [-0.05, 0) is 37.6 Å². The van der Waals surface area contributed by atoms with E-state index >= 15 is 0 Å². The zero-order valence-corrected chi connectivity index (χ0v) is 11.9. The van der Waals surface area contributed by atoms with E-state index in [0.717, 1.165) is 11.3 Å². The summed E-state index contributed by atoms with van der Waals surface area (Å²) in [6.07, 6.45) is 0. The van der Waals surface area contributed by atoms with Crippen molar-refractivity contribution in [3.05, 3.63) is 56.1 Å². The molecule has 2 N–H and O–H groups in total. The molecule has 0 aliphatic carbocycles. The fourth-order valence-corrected chi connectivity index (χ4v) is 2.05. The monoisotopic (exact) mass is 288 g/mol. The van der Waals surface area contributed by atoms with Crippen LogP contribution in [0.25, 0.3) is 0 Å². The quantitative estimate of drug-likeness (QED) is 0.909. The lowest BCUT2D eigenvalue weighted by atomic mass is 10.1. The van der Waals surface area contributed by atoms with Crippen molar-refractivity contribution in [1.29, 1.82) is 5.26 Å². The first kappa shape index (κ1) is 14.1. The Morgan fingerprint density at radius 2 is 2.20 bits per heavy atom. The Morgan fingerprint density at radius 3 is 2.85 bits per heavy atom. The molecule has 0 aliphatic heterocycles. The van der Waals surface area contributed by atoms with Crippen LogP contribution in [0.5, 0.6) is 0 Å². The number of nitriles is 1. The number of rotatable bonds is 3. The third kappa shape index (κ3) is 2.98. The second kappa shape index (κ2) is 5.76. The van der Waals surface area contributed by atoms with Crippen molar-refractivity contribution >= 4 is 17.4 Å². The molecule has 2 aromatic rings. The van der Waals surface area contributed by atoms with Crippen LogP contribution in [0.15, 0.2) is 23.0 Å². The molecule has 2 rings (SSSR count). The second-order valence-electron chi connectivity index (χ2n) is 4.44. The van der Waals surface area contributed by atoms with Crippen molar-refractivity contribution in [2.75, 3.05) is 5.32 Å². The Bertz CT molecular complexity index is 746. The van der Waals surface area contributed by atoms with E-state index in [1.165, 1.54) is 0 Å². The summed E-state index contributed by atoms with van der Waals surface area (Å²) < 4.78 is 0. The summed E-state index contributed by atoms with van der Waals surface area (Å²) in [4.78, 5) is 18.7. The number of hydrogen-bond donors (Lipinski definition) is 2. The third-order valence-electron chi connectivity index (χ3n) is 2.89. The topological polar surface area (TPSA) is 81.6 Å². The molecule has 2 heterocycles. The fourth-order valence-electron chi connectivity index (χ4n) is 1.90. The predicted octanol–water partition coefficient (Wildman–Crippen LogP) is 2.52. The van der Waals surface area contributed by atoms with Gasteiger partial charge in [0.1, 0.15) is 11.9 Å². The van der Waals surface area contributed by atoms with Gasteiger partial charge in [0, 0.05) is 17.8 Å². The molecule has 0 radical (unpaired) electrons. The van der Waals surface area contributed by atoms with Crippen LogP contribution in [0.2, 0.25) is 5.02 Å². The van der Waals surface area contributed by atoms with Crippen LogP contribution in [0.3, 0.4) is 0 Å². The highest BCUT2D eigenvalue weighted by molar-refractivity contribution is 6.31. The molecule has 0 spiro atoms. The highest BCUT2D eigenvalue weighted by Crippen LogP contribution is 2.16. The minimum atomic E-state index is -0.121. The highest BCUT2D eigenvalue weighted by atomic mass is 35.5. The molecule has 6 heteroatoms. The van der Waals surface area contributed by atoms with E-state index < -0.39 is 0 Å². The number of anilines is 1. The number of halogens is 1. The summed E-state index contributed by atoms with van der Waals surface area (Å²) in [5, 5.41) is 12.2. The number of hydrogen-bond acceptors (Lipinski definition) is 4. The van der Waals surface area contributed by atoms with E-state index in [2.05, 4.69) is 15.3 Å².